The van der Waals surface area contributed by atoms with Gasteiger partial charge in [0.1, 0.15) is 0 Å². The summed E-state index contributed by atoms with van der Waals surface area (Å²) in [4.78, 5) is 4.58. The van der Waals surface area contributed by atoms with E-state index in [1.165, 1.54) is 16.8 Å². The maximum atomic E-state index is 4.58. The Morgan fingerprint density at radius 2 is 1.88 bits per heavy atom. The molecular formula is C16H15N. The summed E-state index contributed by atoms with van der Waals surface area (Å²) in [6.45, 7) is 2.24. The van der Waals surface area contributed by atoms with Crippen LogP contribution < -0.4 is 0 Å². The van der Waals surface area contributed by atoms with Crippen molar-refractivity contribution in [3.63, 3.8) is 0 Å². The van der Waals surface area contributed by atoms with Gasteiger partial charge in [0.2, 0.25) is 0 Å². The predicted molar refractivity (Wildman–Crippen MR) is 72.8 cm³/mol. The highest BCUT2D eigenvalue weighted by Gasteiger charge is 2.24. The van der Waals surface area contributed by atoms with E-state index in [0.717, 1.165) is 0 Å². The van der Waals surface area contributed by atoms with Gasteiger partial charge in [0.05, 0.1) is 5.70 Å². The Kier molecular flexibility index (Phi) is 2.52. The van der Waals surface area contributed by atoms with Crippen LogP contribution in [0.15, 0.2) is 65.3 Å². The summed E-state index contributed by atoms with van der Waals surface area (Å²) in [5, 5.41) is 0. The summed E-state index contributed by atoms with van der Waals surface area (Å²) in [7, 11) is 0. The second-order valence-corrected chi connectivity index (χ2v) is 4.57. The molecule has 1 aromatic rings. The van der Waals surface area contributed by atoms with Gasteiger partial charge in [0.15, 0.2) is 0 Å². The van der Waals surface area contributed by atoms with Crippen molar-refractivity contribution < 1.29 is 0 Å². The molecule has 1 aliphatic carbocycles. The molecule has 0 saturated carbocycles. The average molecular weight is 221 g/mol. The van der Waals surface area contributed by atoms with Crippen LogP contribution in [-0.4, -0.2) is 6.21 Å². The van der Waals surface area contributed by atoms with Gasteiger partial charge in [0, 0.05) is 17.7 Å². The van der Waals surface area contributed by atoms with Crippen molar-refractivity contribution in [1.82, 2.24) is 0 Å². The van der Waals surface area contributed by atoms with Gasteiger partial charge in [-0.05, 0) is 17.6 Å². The molecule has 1 heterocycles. The SMILES string of the molecule is CC1C=CC(c2ccccc2)=C2N=CC=CC21. The van der Waals surface area contributed by atoms with E-state index in [9.17, 15) is 0 Å². The number of rotatable bonds is 1. The lowest BCUT2D eigenvalue weighted by Crippen LogP contribution is -2.16. The smallest absolute Gasteiger partial charge is 0.0556 e. The number of fused-ring (bicyclic) bond motifs is 1. The Morgan fingerprint density at radius 1 is 1.06 bits per heavy atom. The Balaban J connectivity index is 2.13. The van der Waals surface area contributed by atoms with Crippen LogP contribution in [0.2, 0.25) is 0 Å². The minimum absolute atomic E-state index is 0.431. The Morgan fingerprint density at radius 3 is 2.71 bits per heavy atom. The number of hydrogen-bond acceptors (Lipinski definition) is 1. The zero-order valence-corrected chi connectivity index (χ0v) is 9.88. The van der Waals surface area contributed by atoms with E-state index in [4.69, 9.17) is 0 Å². The first-order chi connectivity index (χ1) is 8.36. The third-order valence-electron chi connectivity index (χ3n) is 3.43. The molecule has 0 saturated heterocycles. The number of nitrogens with zero attached hydrogens (tertiary/aromatic N) is 1. The van der Waals surface area contributed by atoms with Gasteiger partial charge in [-0.15, -0.1) is 0 Å². The van der Waals surface area contributed by atoms with Crippen LogP contribution in [0, 0.1) is 11.8 Å². The van der Waals surface area contributed by atoms with E-state index in [0.29, 0.717) is 11.8 Å². The molecule has 2 atom stereocenters. The summed E-state index contributed by atoms with van der Waals surface area (Å²) in [5.41, 5.74) is 3.71. The third kappa shape index (κ3) is 1.78. The van der Waals surface area contributed by atoms with E-state index in [1.54, 1.807) is 0 Å². The normalized spacial score (nSPS) is 26.2. The van der Waals surface area contributed by atoms with Crippen LogP contribution in [0.1, 0.15) is 12.5 Å². The summed E-state index contributed by atoms with van der Waals surface area (Å²) >= 11 is 0. The highest BCUT2D eigenvalue weighted by Crippen LogP contribution is 2.37. The van der Waals surface area contributed by atoms with Crippen molar-refractivity contribution in [3.05, 3.63) is 65.9 Å². The molecule has 3 rings (SSSR count). The average Bonchev–Trinajstić information content (AvgIpc) is 2.41. The van der Waals surface area contributed by atoms with E-state index in [1.807, 2.05) is 18.4 Å². The molecule has 1 heteroatoms. The molecular weight excluding hydrogens is 206 g/mol. The summed E-state index contributed by atoms with van der Waals surface area (Å²) in [6, 6.07) is 10.5. The Labute approximate surface area is 102 Å². The molecule has 0 aromatic heterocycles. The van der Waals surface area contributed by atoms with Crippen molar-refractivity contribution >= 4 is 11.8 Å². The van der Waals surface area contributed by atoms with Gasteiger partial charge in [0.25, 0.3) is 0 Å². The molecule has 1 nitrogen and oxygen atoms in total. The zero-order chi connectivity index (χ0) is 11.7. The molecule has 2 unspecified atom stereocenters. The van der Waals surface area contributed by atoms with Crippen molar-refractivity contribution in [2.75, 3.05) is 0 Å². The van der Waals surface area contributed by atoms with Crippen LogP contribution in [0.25, 0.3) is 5.57 Å². The van der Waals surface area contributed by atoms with E-state index in [2.05, 4.69) is 54.4 Å². The molecule has 1 aliphatic heterocycles. The fraction of sp³-hybridized carbons (Fsp3) is 0.188. The van der Waals surface area contributed by atoms with Crippen LogP contribution in [0.5, 0.6) is 0 Å². The van der Waals surface area contributed by atoms with Crippen LogP contribution in [0.4, 0.5) is 0 Å². The molecule has 84 valence electrons. The molecule has 17 heavy (non-hydrogen) atoms. The first-order valence-corrected chi connectivity index (χ1v) is 6.05. The number of allylic oxidation sites excluding steroid dienone is 5. The second kappa shape index (κ2) is 4.17. The molecule has 0 radical (unpaired) electrons. The molecule has 0 amide bonds. The number of dihydropyridines is 1. The fourth-order valence-corrected chi connectivity index (χ4v) is 2.46. The first kappa shape index (κ1) is 10.3. The molecule has 0 bridgehead atoms. The van der Waals surface area contributed by atoms with Crippen molar-refractivity contribution in [3.8, 4) is 0 Å². The minimum Gasteiger partial charge on any atom is -0.260 e. The number of aliphatic imine (C=N–C) groups is 1. The largest absolute Gasteiger partial charge is 0.260 e. The van der Waals surface area contributed by atoms with Crippen molar-refractivity contribution in [1.29, 1.82) is 0 Å². The minimum atomic E-state index is 0.431. The molecule has 2 aliphatic rings. The van der Waals surface area contributed by atoms with Gasteiger partial charge in [-0.2, -0.15) is 0 Å². The Bertz CT molecular complexity index is 532. The zero-order valence-electron chi connectivity index (χ0n) is 9.88. The van der Waals surface area contributed by atoms with Gasteiger partial charge in [-0.25, -0.2) is 0 Å². The quantitative estimate of drug-likeness (QED) is 0.682. The summed E-state index contributed by atoms with van der Waals surface area (Å²) < 4.78 is 0. The second-order valence-electron chi connectivity index (χ2n) is 4.57. The lowest BCUT2D eigenvalue weighted by Gasteiger charge is -2.27. The topological polar surface area (TPSA) is 12.4 Å². The van der Waals surface area contributed by atoms with Gasteiger partial charge >= 0.3 is 0 Å². The van der Waals surface area contributed by atoms with Crippen molar-refractivity contribution in [2.24, 2.45) is 16.8 Å². The summed E-state index contributed by atoms with van der Waals surface area (Å²) in [6.07, 6.45) is 10.7. The number of hydrogen-bond donors (Lipinski definition) is 0. The Hall–Kier alpha value is -1.89. The van der Waals surface area contributed by atoms with E-state index in [-0.39, 0.29) is 0 Å². The van der Waals surface area contributed by atoms with E-state index >= 15 is 0 Å². The maximum absolute atomic E-state index is 4.58. The lowest BCUT2D eigenvalue weighted by molar-refractivity contribution is 0.571. The first-order valence-electron chi connectivity index (χ1n) is 6.05. The number of benzene rings is 1. The predicted octanol–water partition coefficient (Wildman–Crippen LogP) is 3.86. The highest BCUT2D eigenvalue weighted by molar-refractivity contribution is 5.83. The molecule has 0 spiro atoms. The van der Waals surface area contributed by atoms with Gasteiger partial charge < -0.3 is 0 Å². The van der Waals surface area contributed by atoms with Crippen LogP contribution in [-0.2, 0) is 0 Å². The summed E-state index contributed by atoms with van der Waals surface area (Å²) in [5.74, 6) is 0.964. The molecule has 0 N–H and O–H groups in total. The fourth-order valence-electron chi connectivity index (χ4n) is 2.46. The highest BCUT2D eigenvalue weighted by atomic mass is 14.8. The van der Waals surface area contributed by atoms with Gasteiger partial charge in [-0.3, -0.25) is 4.99 Å². The molecule has 0 fully saturated rings. The van der Waals surface area contributed by atoms with Gasteiger partial charge in [-0.1, -0.05) is 55.5 Å². The maximum Gasteiger partial charge on any atom is 0.0556 e. The third-order valence-corrected chi connectivity index (χ3v) is 3.43. The monoisotopic (exact) mass is 221 g/mol. The standard InChI is InChI=1S/C16H15N/c1-12-9-10-15(13-6-3-2-4-7-13)16-14(12)8-5-11-17-16/h2-12,14H,1H3. The molecule has 1 aromatic carbocycles. The van der Waals surface area contributed by atoms with Crippen molar-refractivity contribution in [2.45, 2.75) is 6.92 Å². The van der Waals surface area contributed by atoms with Crippen LogP contribution >= 0.6 is 0 Å². The lowest BCUT2D eigenvalue weighted by atomic mass is 9.81. The van der Waals surface area contributed by atoms with Crippen LogP contribution in [0.3, 0.4) is 0 Å². The van der Waals surface area contributed by atoms with E-state index < -0.39 is 0 Å².